The highest BCUT2D eigenvalue weighted by Gasteiger charge is 2.33. The number of carbonyl (C=O) groups excluding carboxylic acids is 1. The van der Waals surface area contributed by atoms with Gasteiger partial charge in [-0.05, 0) is 26.8 Å². The number of rotatable bonds is 6. The second-order valence-electron chi connectivity index (χ2n) is 5.18. The molecule has 0 spiro atoms. The molecular weight excluding hydrogens is 276 g/mol. The molecule has 0 saturated heterocycles. The lowest BCUT2D eigenvalue weighted by Gasteiger charge is -2.34. The van der Waals surface area contributed by atoms with E-state index in [1.807, 2.05) is 0 Å². The molecule has 0 fully saturated rings. The van der Waals surface area contributed by atoms with Gasteiger partial charge >= 0.3 is 0 Å². The highest BCUT2D eigenvalue weighted by molar-refractivity contribution is 6.01. The molecule has 0 saturated carbocycles. The molecule has 21 heavy (non-hydrogen) atoms. The predicted octanol–water partition coefficient (Wildman–Crippen LogP) is 1.84. The number of aliphatic hydroxyl groups excluding tert-OH is 1. The predicted molar refractivity (Wildman–Crippen MR) is 77.5 cm³/mol. The molecule has 0 radical (unpaired) electrons. The summed E-state index contributed by atoms with van der Waals surface area (Å²) >= 11 is 0. The lowest BCUT2D eigenvalue weighted by Crippen LogP contribution is -2.47. The molecule has 7 heteroatoms. The van der Waals surface area contributed by atoms with Gasteiger partial charge in [0.05, 0.1) is 23.7 Å². The minimum absolute atomic E-state index is 0.103. The molecule has 0 bridgehead atoms. The van der Waals surface area contributed by atoms with E-state index in [1.165, 1.54) is 30.1 Å². The summed E-state index contributed by atoms with van der Waals surface area (Å²) in [5.41, 5.74) is -1.26. The Bertz CT molecular complexity index is 542. The van der Waals surface area contributed by atoms with Crippen LogP contribution < -0.4 is 4.74 Å². The van der Waals surface area contributed by atoms with Crippen molar-refractivity contribution in [1.82, 2.24) is 4.90 Å². The van der Waals surface area contributed by atoms with Crippen molar-refractivity contribution in [2.45, 2.75) is 26.3 Å². The second-order valence-corrected chi connectivity index (χ2v) is 5.18. The first-order chi connectivity index (χ1) is 9.76. The Morgan fingerprint density at radius 2 is 2.10 bits per heavy atom. The average Bonchev–Trinajstić information content (AvgIpc) is 2.45. The first-order valence-corrected chi connectivity index (χ1v) is 6.55. The van der Waals surface area contributed by atoms with Gasteiger partial charge in [0.2, 0.25) is 0 Å². The Balaban J connectivity index is 3.39. The van der Waals surface area contributed by atoms with Gasteiger partial charge in [-0.15, -0.1) is 0 Å². The van der Waals surface area contributed by atoms with E-state index >= 15 is 0 Å². The van der Waals surface area contributed by atoms with E-state index in [0.29, 0.717) is 0 Å². The largest absolute Gasteiger partial charge is 0.493 e. The maximum absolute atomic E-state index is 12.6. The van der Waals surface area contributed by atoms with Crippen LogP contribution in [-0.4, -0.2) is 46.6 Å². The molecule has 0 aromatic heterocycles. The Kier molecular flexibility index (Phi) is 5.26. The second kappa shape index (κ2) is 6.53. The number of nitrogens with zero attached hydrogens (tertiary/aromatic N) is 2. The van der Waals surface area contributed by atoms with Gasteiger partial charge in [-0.3, -0.25) is 14.9 Å². The van der Waals surface area contributed by atoms with Crippen LogP contribution >= 0.6 is 0 Å². The number of amides is 1. The third-order valence-corrected chi connectivity index (χ3v) is 3.31. The van der Waals surface area contributed by atoms with Crippen molar-refractivity contribution in [1.29, 1.82) is 0 Å². The molecule has 1 N–H and O–H groups in total. The van der Waals surface area contributed by atoms with Crippen LogP contribution in [0.5, 0.6) is 5.75 Å². The number of hydrogen-bond acceptors (Lipinski definition) is 5. The molecule has 0 unspecified atom stereocenters. The number of carbonyl (C=O) groups is 1. The quantitative estimate of drug-likeness (QED) is 0.638. The maximum Gasteiger partial charge on any atom is 0.285 e. The topological polar surface area (TPSA) is 92.9 Å². The van der Waals surface area contributed by atoms with Crippen molar-refractivity contribution in [3.05, 3.63) is 33.9 Å². The number of hydrogen-bond donors (Lipinski definition) is 1. The van der Waals surface area contributed by atoms with Crippen LogP contribution in [-0.2, 0) is 0 Å². The summed E-state index contributed by atoms with van der Waals surface area (Å²) in [6.07, 6.45) is 0. The normalized spacial score (nSPS) is 11.1. The number of nitro benzene ring substituents is 1. The van der Waals surface area contributed by atoms with Gasteiger partial charge in [-0.2, -0.15) is 0 Å². The summed E-state index contributed by atoms with van der Waals surface area (Å²) in [5, 5.41) is 20.5. The molecule has 0 heterocycles. The van der Waals surface area contributed by atoms with E-state index in [4.69, 9.17) is 4.74 Å². The minimum Gasteiger partial charge on any atom is -0.493 e. The van der Waals surface area contributed by atoms with Gasteiger partial charge < -0.3 is 14.7 Å². The third kappa shape index (κ3) is 3.49. The molecule has 1 aromatic rings. The van der Waals surface area contributed by atoms with Gasteiger partial charge in [0.15, 0.2) is 5.56 Å². The van der Waals surface area contributed by atoms with Crippen LogP contribution in [0.15, 0.2) is 18.2 Å². The van der Waals surface area contributed by atoms with Crippen molar-refractivity contribution < 1.29 is 19.6 Å². The molecule has 0 aliphatic carbocycles. The molecule has 7 nitrogen and oxygen atoms in total. The Morgan fingerprint density at radius 3 is 2.57 bits per heavy atom. The number of nitro groups is 1. The van der Waals surface area contributed by atoms with Crippen LogP contribution in [0.2, 0.25) is 0 Å². The molecule has 0 aliphatic rings. The van der Waals surface area contributed by atoms with Gasteiger partial charge in [0.25, 0.3) is 11.6 Å². The third-order valence-electron chi connectivity index (χ3n) is 3.31. The lowest BCUT2D eigenvalue weighted by molar-refractivity contribution is -0.385. The highest BCUT2D eigenvalue weighted by atomic mass is 16.6. The van der Waals surface area contributed by atoms with E-state index in [0.717, 1.165) is 0 Å². The standard InChI is InChI=1S/C14H20N2O5/c1-5-21-11-8-6-7-10(16(19)20)12(11)13(18)15(4)14(2,3)9-17/h6-8,17H,5,9H2,1-4H3. The van der Waals surface area contributed by atoms with E-state index in [1.54, 1.807) is 20.8 Å². The van der Waals surface area contributed by atoms with Crippen LogP contribution in [0, 0.1) is 10.1 Å². The van der Waals surface area contributed by atoms with Crippen LogP contribution in [0.4, 0.5) is 5.69 Å². The average molecular weight is 296 g/mol. The van der Waals surface area contributed by atoms with Gasteiger partial charge in [-0.25, -0.2) is 0 Å². The fourth-order valence-corrected chi connectivity index (χ4v) is 1.71. The van der Waals surface area contributed by atoms with Crippen LogP contribution in [0.25, 0.3) is 0 Å². The number of likely N-dealkylation sites (N-methyl/N-ethyl adjacent to an activating group) is 1. The van der Waals surface area contributed by atoms with E-state index in [2.05, 4.69) is 0 Å². The van der Waals surface area contributed by atoms with Crippen molar-refractivity contribution >= 4 is 11.6 Å². The van der Waals surface area contributed by atoms with Crippen LogP contribution in [0.3, 0.4) is 0 Å². The van der Waals surface area contributed by atoms with Gasteiger partial charge in [0.1, 0.15) is 5.75 Å². The highest BCUT2D eigenvalue weighted by Crippen LogP contribution is 2.31. The van der Waals surface area contributed by atoms with E-state index in [9.17, 15) is 20.0 Å². The molecule has 116 valence electrons. The Hall–Kier alpha value is -2.15. The smallest absolute Gasteiger partial charge is 0.285 e. The van der Waals surface area contributed by atoms with Crippen molar-refractivity contribution in [3.8, 4) is 5.75 Å². The zero-order valence-electron chi connectivity index (χ0n) is 12.6. The molecule has 1 rings (SSSR count). The summed E-state index contributed by atoms with van der Waals surface area (Å²) in [6.45, 7) is 5.09. The minimum atomic E-state index is -0.843. The number of benzene rings is 1. The zero-order valence-corrected chi connectivity index (χ0v) is 12.6. The summed E-state index contributed by atoms with van der Waals surface area (Å²) < 4.78 is 5.33. The first kappa shape index (κ1) is 16.9. The monoisotopic (exact) mass is 296 g/mol. The van der Waals surface area contributed by atoms with Crippen LogP contribution in [0.1, 0.15) is 31.1 Å². The van der Waals surface area contributed by atoms with E-state index < -0.39 is 16.4 Å². The van der Waals surface area contributed by atoms with Crippen molar-refractivity contribution in [2.75, 3.05) is 20.3 Å². The summed E-state index contributed by atoms with van der Waals surface area (Å²) in [4.78, 5) is 24.4. The fourth-order valence-electron chi connectivity index (χ4n) is 1.71. The van der Waals surface area contributed by atoms with Gasteiger partial charge in [0, 0.05) is 13.1 Å². The fraction of sp³-hybridized carbons (Fsp3) is 0.500. The summed E-state index contributed by atoms with van der Waals surface area (Å²) in [6, 6.07) is 4.25. The zero-order chi connectivity index (χ0) is 16.2. The first-order valence-electron chi connectivity index (χ1n) is 6.55. The Labute approximate surface area is 123 Å². The molecular formula is C14H20N2O5. The Morgan fingerprint density at radius 1 is 1.48 bits per heavy atom. The van der Waals surface area contributed by atoms with Crippen molar-refractivity contribution in [2.24, 2.45) is 0 Å². The number of aliphatic hydroxyl groups is 1. The number of ether oxygens (including phenoxy) is 1. The van der Waals surface area contributed by atoms with Crippen molar-refractivity contribution in [3.63, 3.8) is 0 Å². The molecule has 1 aromatic carbocycles. The SMILES string of the molecule is CCOc1cccc([N+](=O)[O-])c1C(=O)N(C)C(C)(C)CO. The molecule has 0 atom stereocenters. The molecule has 0 aliphatic heterocycles. The summed E-state index contributed by atoms with van der Waals surface area (Å²) in [7, 11) is 1.49. The lowest BCUT2D eigenvalue weighted by atomic mass is 10.0. The maximum atomic E-state index is 12.6. The molecule has 1 amide bonds. The summed E-state index contributed by atoms with van der Waals surface area (Å²) in [5.74, 6) is -0.401. The van der Waals surface area contributed by atoms with E-state index in [-0.39, 0.29) is 30.2 Å². The van der Waals surface area contributed by atoms with Gasteiger partial charge in [-0.1, -0.05) is 6.07 Å².